The lowest BCUT2D eigenvalue weighted by Crippen LogP contribution is -2.26. The van der Waals surface area contributed by atoms with Gasteiger partial charge in [0, 0.05) is 6.07 Å². The molecule has 0 aliphatic carbocycles. The van der Waals surface area contributed by atoms with Crippen LogP contribution in [0.15, 0.2) is 46.9 Å². The first-order chi connectivity index (χ1) is 10.5. The van der Waals surface area contributed by atoms with Crippen molar-refractivity contribution in [2.24, 2.45) is 5.10 Å². The molecule has 0 saturated heterocycles. The Labute approximate surface area is 130 Å². The van der Waals surface area contributed by atoms with Crippen molar-refractivity contribution in [2.45, 2.75) is 13.0 Å². The number of hydrazone groups is 1. The number of aliphatic hydroxyl groups is 1. The normalized spacial score (nSPS) is 12.7. The van der Waals surface area contributed by atoms with E-state index in [2.05, 4.69) is 10.5 Å². The molecule has 1 atom stereocenters. The molecule has 0 aliphatic rings. The van der Waals surface area contributed by atoms with Crippen LogP contribution in [0.2, 0.25) is 0 Å². The van der Waals surface area contributed by atoms with Gasteiger partial charge < -0.3 is 5.11 Å². The van der Waals surface area contributed by atoms with Crippen LogP contribution in [0, 0.1) is 10.1 Å². The lowest BCUT2D eigenvalue weighted by Gasteiger charge is -2.09. The summed E-state index contributed by atoms with van der Waals surface area (Å²) in [4.78, 5) is 22.5. The molecule has 1 aromatic heterocycles. The highest BCUT2D eigenvalue weighted by Gasteiger charge is 2.17. The average molecular weight is 319 g/mol. The molecule has 2 rings (SSSR count). The summed E-state index contributed by atoms with van der Waals surface area (Å²) in [5.74, 6) is -0.670. The lowest BCUT2D eigenvalue weighted by molar-refractivity contribution is -0.384. The van der Waals surface area contributed by atoms with Crippen molar-refractivity contribution in [2.75, 3.05) is 0 Å². The van der Waals surface area contributed by atoms with Gasteiger partial charge in [-0.15, -0.1) is 11.3 Å². The highest BCUT2D eigenvalue weighted by molar-refractivity contribution is 7.12. The van der Waals surface area contributed by atoms with Gasteiger partial charge in [-0.3, -0.25) is 14.9 Å². The van der Waals surface area contributed by atoms with Crippen LogP contribution >= 0.6 is 11.3 Å². The number of nitrogens with zero attached hydrogens (tertiary/aromatic N) is 2. The largest absolute Gasteiger partial charge is 0.378 e. The summed E-state index contributed by atoms with van der Waals surface area (Å²) >= 11 is 1.16. The zero-order valence-electron chi connectivity index (χ0n) is 11.6. The van der Waals surface area contributed by atoms with Crippen LogP contribution < -0.4 is 5.43 Å². The highest BCUT2D eigenvalue weighted by atomic mass is 32.1. The van der Waals surface area contributed by atoms with Gasteiger partial charge in [0.2, 0.25) is 0 Å². The third kappa shape index (κ3) is 3.74. The minimum absolute atomic E-state index is 0.0230. The molecule has 2 N–H and O–H groups in total. The van der Waals surface area contributed by atoms with Gasteiger partial charge in [-0.05, 0) is 12.5 Å². The summed E-state index contributed by atoms with van der Waals surface area (Å²) in [5.41, 5.74) is 3.11. The van der Waals surface area contributed by atoms with Crippen molar-refractivity contribution >= 4 is 28.6 Å². The Morgan fingerprint density at radius 3 is 2.68 bits per heavy atom. The van der Waals surface area contributed by atoms with E-state index in [1.165, 1.54) is 11.4 Å². The van der Waals surface area contributed by atoms with Crippen LogP contribution in [0.3, 0.4) is 0 Å². The second kappa shape index (κ2) is 6.92. The first kappa shape index (κ1) is 15.8. The molecule has 0 bridgehead atoms. The van der Waals surface area contributed by atoms with E-state index in [1.54, 1.807) is 37.3 Å². The fourth-order valence-corrected chi connectivity index (χ4v) is 2.46. The second-order valence-electron chi connectivity index (χ2n) is 4.41. The van der Waals surface area contributed by atoms with Crippen LogP contribution in [0.25, 0.3) is 0 Å². The molecule has 8 heteroatoms. The first-order valence-electron chi connectivity index (χ1n) is 6.29. The van der Waals surface area contributed by atoms with Crippen LogP contribution in [0.4, 0.5) is 5.69 Å². The SMILES string of the molecule is CC(=NNC(=O)C(O)c1ccccc1)c1cc([N+](=O)[O-])cs1. The Morgan fingerprint density at radius 1 is 1.41 bits per heavy atom. The van der Waals surface area contributed by atoms with Gasteiger partial charge in [0.25, 0.3) is 11.6 Å². The van der Waals surface area contributed by atoms with Crippen molar-refractivity contribution < 1.29 is 14.8 Å². The number of hydrogen-bond donors (Lipinski definition) is 2. The number of carbonyl (C=O) groups excluding carboxylic acids is 1. The molecule has 7 nitrogen and oxygen atoms in total. The number of aliphatic hydroxyl groups excluding tert-OH is 1. The van der Waals surface area contributed by atoms with E-state index < -0.39 is 16.9 Å². The minimum atomic E-state index is -1.32. The van der Waals surface area contributed by atoms with Gasteiger partial charge >= 0.3 is 0 Å². The summed E-state index contributed by atoms with van der Waals surface area (Å²) < 4.78 is 0. The Balaban J connectivity index is 2.03. The van der Waals surface area contributed by atoms with Crippen LogP contribution in [0.5, 0.6) is 0 Å². The second-order valence-corrected chi connectivity index (χ2v) is 5.32. The fraction of sp³-hybridized carbons (Fsp3) is 0.143. The number of nitro groups is 1. The zero-order chi connectivity index (χ0) is 16.1. The third-order valence-electron chi connectivity index (χ3n) is 2.85. The molecular formula is C14H13N3O4S. The third-order valence-corrected chi connectivity index (χ3v) is 3.88. The van der Waals surface area contributed by atoms with Gasteiger partial charge in [0.1, 0.15) is 0 Å². The average Bonchev–Trinajstić information content (AvgIpc) is 3.02. The molecule has 2 aromatic rings. The van der Waals surface area contributed by atoms with Crippen LogP contribution in [0.1, 0.15) is 23.5 Å². The van der Waals surface area contributed by atoms with Gasteiger partial charge in [0.15, 0.2) is 6.10 Å². The maximum atomic E-state index is 11.8. The van der Waals surface area contributed by atoms with E-state index in [0.29, 0.717) is 16.2 Å². The van der Waals surface area contributed by atoms with Gasteiger partial charge in [-0.2, -0.15) is 5.10 Å². The lowest BCUT2D eigenvalue weighted by atomic mass is 10.1. The summed E-state index contributed by atoms with van der Waals surface area (Å²) in [6.07, 6.45) is -1.32. The summed E-state index contributed by atoms with van der Waals surface area (Å²) in [7, 11) is 0. The van der Waals surface area contributed by atoms with Crippen molar-refractivity contribution in [1.82, 2.24) is 5.43 Å². The van der Waals surface area contributed by atoms with Crippen molar-refractivity contribution in [3.63, 3.8) is 0 Å². The van der Waals surface area contributed by atoms with Crippen LogP contribution in [-0.2, 0) is 4.79 Å². The summed E-state index contributed by atoms with van der Waals surface area (Å²) in [6, 6.07) is 9.84. The molecule has 0 saturated carbocycles. The molecular weight excluding hydrogens is 306 g/mol. The molecule has 1 aromatic carbocycles. The van der Waals surface area contributed by atoms with E-state index in [0.717, 1.165) is 11.3 Å². The number of amides is 1. The molecule has 0 radical (unpaired) electrons. The molecule has 114 valence electrons. The number of nitrogens with one attached hydrogen (secondary N) is 1. The Morgan fingerprint density at radius 2 is 2.09 bits per heavy atom. The Bertz CT molecular complexity index is 712. The topological polar surface area (TPSA) is 105 Å². The molecule has 1 heterocycles. The minimum Gasteiger partial charge on any atom is -0.378 e. The molecule has 22 heavy (non-hydrogen) atoms. The van der Waals surface area contributed by atoms with Gasteiger partial charge in [-0.1, -0.05) is 30.3 Å². The molecule has 1 unspecified atom stereocenters. The Hall–Kier alpha value is -2.58. The summed E-state index contributed by atoms with van der Waals surface area (Å²) in [5, 5.41) is 25.8. The van der Waals surface area contributed by atoms with Crippen molar-refractivity contribution in [1.29, 1.82) is 0 Å². The Kier molecular flexibility index (Phi) is 4.97. The van der Waals surface area contributed by atoms with E-state index in [-0.39, 0.29) is 5.69 Å². The maximum absolute atomic E-state index is 11.8. The molecule has 1 amide bonds. The van der Waals surface area contributed by atoms with Gasteiger partial charge in [0.05, 0.1) is 20.9 Å². The quantitative estimate of drug-likeness (QED) is 0.501. The number of rotatable bonds is 5. The number of thiophene rings is 1. The molecule has 0 aliphatic heterocycles. The van der Waals surface area contributed by atoms with Crippen molar-refractivity contribution in [3.05, 3.63) is 62.3 Å². The van der Waals surface area contributed by atoms with Gasteiger partial charge in [-0.25, -0.2) is 5.43 Å². The van der Waals surface area contributed by atoms with Crippen LogP contribution in [-0.4, -0.2) is 21.6 Å². The first-order valence-corrected chi connectivity index (χ1v) is 7.17. The van der Waals surface area contributed by atoms with E-state index >= 15 is 0 Å². The van der Waals surface area contributed by atoms with E-state index in [9.17, 15) is 20.0 Å². The summed E-state index contributed by atoms with van der Waals surface area (Å²) in [6.45, 7) is 1.62. The van der Waals surface area contributed by atoms with E-state index in [1.807, 2.05) is 0 Å². The molecule has 0 fully saturated rings. The van der Waals surface area contributed by atoms with Crippen molar-refractivity contribution in [3.8, 4) is 0 Å². The maximum Gasteiger partial charge on any atom is 0.280 e. The number of hydrogen-bond acceptors (Lipinski definition) is 6. The number of benzene rings is 1. The fourth-order valence-electron chi connectivity index (χ4n) is 1.65. The predicted molar refractivity (Wildman–Crippen MR) is 82.7 cm³/mol. The number of carbonyl (C=O) groups is 1. The predicted octanol–water partition coefficient (Wildman–Crippen LogP) is 2.23. The smallest absolute Gasteiger partial charge is 0.280 e. The monoisotopic (exact) mass is 319 g/mol. The van der Waals surface area contributed by atoms with E-state index in [4.69, 9.17) is 0 Å². The molecule has 0 spiro atoms. The highest BCUT2D eigenvalue weighted by Crippen LogP contribution is 2.21. The standard InChI is InChI=1S/C14H13N3O4S/c1-9(12-7-11(8-22-12)17(20)21)15-16-14(19)13(18)10-5-3-2-4-6-10/h2-8,13,18H,1H3,(H,16,19). The zero-order valence-corrected chi connectivity index (χ0v) is 12.4.